The van der Waals surface area contributed by atoms with Gasteiger partial charge in [-0.15, -0.1) is 0 Å². The summed E-state index contributed by atoms with van der Waals surface area (Å²) in [5.74, 6) is 0.200. The van der Waals surface area contributed by atoms with Gasteiger partial charge in [0.25, 0.3) is 0 Å². The summed E-state index contributed by atoms with van der Waals surface area (Å²) in [6, 6.07) is 8.50. The van der Waals surface area contributed by atoms with Crippen LogP contribution < -0.4 is 9.64 Å². The molecule has 0 spiro atoms. The molecular weight excluding hydrogens is 378 g/mol. The van der Waals surface area contributed by atoms with Crippen LogP contribution in [0.25, 0.3) is 10.2 Å². The molecule has 0 aliphatic carbocycles. The number of hydrogen-bond acceptors (Lipinski definition) is 9. The molecule has 0 saturated carbocycles. The number of fused-ring (bicyclic) bond motifs is 1. The normalized spacial score (nSPS) is 14.3. The summed E-state index contributed by atoms with van der Waals surface area (Å²) in [7, 11) is 1.61. The maximum Gasteiger partial charge on any atom is 0.348 e. The van der Waals surface area contributed by atoms with Crippen molar-refractivity contribution in [2.24, 2.45) is 0 Å². The maximum absolute atomic E-state index is 12.1. The van der Waals surface area contributed by atoms with Crippen LogP contribution in [0.5, 0.6) is 5.75 Å². The van der Waals surface area contributed by atoms with Crippen molar-refractivity contribution in [1.29, 1.82) is 0 Å². The number of thiophene rings is 1. The molecule has 0 bridgehead atoms. The van der Waals surface area contributed by atoms with Crippen LogP contribution in [0.15, 0.2) is 30.3 Å². The third-order valence-electron chi connectivity index (χ3n) is 3.96. The molecule has 0 amide bonds. The first-order valence-corrected chi connectivity index (χ1v) is 9.32. The van der Waals surface area contributed by atoms with Crippen LogP contribution in [0, 0.1) is 10.1 Å². The number of carbonyl (C=O) groups is 1. The second-order valence-electron chi connectivity index (χ2n) is 5.63. The van der Waals surface area contributed by atoms with E-state index in [1.807, 2.05) is 23.1 Å². The van der Waals surface area contributed by atoms with Gasteiger partial charge < -0.3 is 14.4 Å². The van der Waals surface area contributed by atoms with Crippen molar-refractivity contribution in [3.63, 3.8) is 0 Å². The zero-order chi connectivity index (χ0) is 18.3. The van der Waals surface area contributed by atoms with E-state index in [1.54, 1.807) is 18.4 Å². The van der Waals surface area contributed by atoms with E-state index in [4.69, 9.17) is 9.47 Å². The van der Waals surface area contributed by atoms with Crippen LogP contribution in [0.1, 0.15) is 9.67 Å². The molecule has 1 aromatic carbocycles. The Morgan fingerprint density at radius 3 is 2.81 bits per heavy atom. The molecule has 1 fully saturated rings. The Kier molecular flexibility index (Phi) is 4.21. The molecule has 1 aliphatic heterocycles. The van der Waals surface area contributed by atoms with Crippen molar-refractivity contribution in [3.05, 3.63) is 45.3 Å². The second kappa shape index (κ2) is 6.54. The molecule has 0 atom stereocenters. The minimum absolute atomic E-state index is 0.0735. The fourth-order valence-electron chi connectivity index (χ4n) is 2.63. The minimum Gasteiger partial charge on any atom is -0.494 e. The molecule has 134 valence electrons. The average Bonchev–Trinajstić information content (AvgIpc) is 3.23. The molecule has 0 radical (unpaired) electrons. The smallest absolute Gasteiger partial charge is 0.348 e. The van der Waals surface area contributed by atoms with E-state index in [-0.39, 0.29) is 16.0 Å². The Morgan fingerprint density at radius 2 is 2.12 bits per heavy atom. The van der Waals surface area contributed by atoms with Crippen LogP contribution in [-0.4, -0.2) is 42.2 Å². The zero-order valence-electron chi connectivity index (χ0n) is 13.6. The number of nitro groups is 1. The lowest BCUT2D eigenvalue weighted by atomic mass is 10.2. The molecule has 0 unspecified atom stereocenters. The number of carbonyl (C=O) groups excluding carboxylic acids is 1. The van der Waals surface area contributed by atoms with Gasteiger partial charge in [0.2, 0.25) is 0 Å². The summed E-state index contributed by atoms with van der Waals surface area (Å²) in [6.07, 6.45) is -0.252. The van der Waals surface area contributed by atoms with Crippen molar-refractivity contribution in [2.45, 2.75) is 6.10 Å². The number of hydrogen-bond donors (Lipinski definition) is 0. The highest BCUT2D eigenvalue weighted by Gasteiger charge is 2.33. The van der Waals surface area contributed by atoms with Gasteiger partial charge in [-0.3, -0.25) is 10.1 Å². The fourth-order valence-corrected chi connectivity index (χ4v) is 4.33. The number of para-hydroxylation sites is 1. The van der Waals surface area contributed by atoms with Crippen molar-refractivity contribution in [3.8, 4) is 5.75 Å². The molecule has 3 aromatic rings. The topological polar surface area (TPSA) is 94.8 Å². The third kappa shape index (κ3) is 2.97. The standard InChI is InChI=1S/C16H13N3O5S2/c1-23-10-3-2-4-11-14(10)17-16(26-11)18-7-9(8-18)24-15(20)12-5-6-13(25-12)19(21)22/h2-6,9H,7-8H2,1H3. The summed E-state index contributed by atoms with van der Waals surface area (Å²) < 4.78 is 11.8. The molecule has 1 aliphatic rings. The van der Waals surface area contributed by atoms with Gasteiger partial charge in [-0.1, -0.05) is 28.7 Å². The van der Waals surface area contributed by atoms with Crippen LogP contribution in [0.4, 0.5) is 10.1 Å². The lowest BCUT2D eigenvalue weighted by molar-refractivity contribution is -0.380. The molecule has 3 heterocycles. The van der Waals surface area contributed by atoms with Gasteiger partial charge in [-0.25, -0.2) is 9.78 Å². The molecule has 2 aromatic heterocycles. The molecule has 8 nitrogen and oxygen atoms in total. The maximum atomic E-state index is 12.1. The van der Waals surface area contributed by atoms with E-state index in [9.17, 15) is 14.9 Å². The third-order valence-corrected chi connectivity index (χ3v) is 6.05. The summed E-state index contributed by atoms with van der Waals surface area (Å²) in [6.45, 7) is 1.09. The van der Waals surface area contributed by atoms with Gasteiger partial charge in [-0.05, 0) is 18.2 Å². The van der Waals surface area contributed by atoms with E-state index in [0.717, 1.165) is 32.4 Å². The van der Waals surface area contributed by atoms with E-state index in [0.29, 0.717) is 13.1 Å². The predicted molar refractivity (Wildman–Crippen MR) is 98.6 cm³/mol. The largest absolute Gasteiger partial charge is 0.494 e. The van der Waals surface area contributed by atoms with Crippen LogP contribution in [0.3, 0.4) is 0 Å². The minimum atomic E-state index is -0.529. The van der Waals surface area contributed by atoms with Crippen LogP contribution in [0.2, 0.25) is 0 Å². The summed E-state index contributed by atoms with van der Waals surface area (Å²) >= 11 is 2.37. The number of benzene rings is 1. The van der Waals surface area contributed by atoms with Crippen molar-refractivity contribution in [2.75, 3.05) is 25.1 Å². The number of anilines is 1. The number of esters is 1. The monoisotopic (exact) mass is 391 g/mol. The lowest BCUT2D eigenvalue weighted by Gasteiger charge is -2.37. The Hall–Kier alpha value is -2.72. The Morgan fingerprint density at radius 1 is 1.31 bits per heavy atom. The van der Waals surface area contributed by atoms with Crippen molar-refractivity contribution >= 4 is 49.0 Å². The van der Waals surface area contributed by atoms with Crippen molar-refractivity contribution < 1.29 is 19.2 Å². The van der Waals surface area contributed by atoms with Gasteiger partial charge in [0.05, 0.1) is 29.8 Å². The zero-order valence-corrected chi connectivity index (χ0v) is 15.2. The number of thiazole rings is 1. The van der Waals surface area contributed by atoms with E-state index in [1.165, 1.54) is 12.1 Å². The van der Waals surface area contributed by atoms with E-state index < -0.39 is 10.9 Å². The predicted octanol–water partition coefficient (Wildman–Crippen LogP) is 3.32. The Labute approximate surface area is 155 Å². The highest BCUT2D eigenvalue weighted by Crippen LogP contribution is 2.36. The first-order chi connectivity index (χ1) is 12.5. The summed E-state index contributed by atoms with van der Waals surface area (Å²) in [5, 5.41) is 11.5. The van der Waals surface area contributed by atoms with Crippen LogP contribution >= 0.6 is 22.7 Å². The highest BCUT2D eigenvalue weighted by atomic mass is 32.1. The van der Waals surface area contributed by atoms with Crippen molar-refractivity contribution in [1.82, 2.24) is 4.98 Å². The molecular formula is C16H13N3O5S2. The summed E-state index contributed by atoms with van der Waals surface area (Å²) in [4.78, 5) is 29.1. The number of methoxy groups -OCH3 is 1. The highest BCUT2D eigenvalue weighted by molar-refractivity contribution is 7.22. The van der Waals surface area contributed by atoms with Gasteiger partial charge in [0, 0.05) is 6.07 Å². The number of nitrogens with zero attached hydrogens (tertiary/aromatic N) is 3. The lowest BCUT2D eigenvalue weighted by Crippen LogP contribution is -2.53. The van der Waals surface area contributed by atoms with Gasteiger partial charge >= 0.3 is 11.0 Å². The summed E-state index contributed by atoms with van der Waals surface area (Å²) in [5.41, 5.74) is 0.821. The molecule has 1 saturated heterocycles. The van der Waals surface area contributed by atoms with Gasteiger partial charge in [-0.2, -0.15) is 0 Å². The molecule has 10 heteroatoms. The Bertz CT molecular complexity index is 993. The van der Waals surface area contributed by atoms with Gasteiger partial charge in [0.1, 0.15) is 22.2 Å². The fraction of sp³-hybridized carbons (Fsp3) is 0.250. The first-order valence-electron chi connectivity index (χ1n) is 7.69. The number of rotatable bonds is 5. The molecule has 4 rings (SSSR count). The van der Waals surface area contributed by atoms with Gasteiger partial charge in [0.15, 0.2) is 5.13 Å². The average molecular weight is 391 g/mol. The van der Waals surface area contributed by atoms with E-state index in [2.05, 4.69) is 4.98 Å². The molecule has 0 N–H and O–H groups in total. The first kappa shape index (κ1) is 16.7. The SMILES string of the molecule is COc1cccc2sc(N3CC(OC(=O)c4ccc([N+](=O)[O-])s4)C3)nc12. The molecule has 26 heavy (non-hydrogen) atoms. The number of ether oxygens (including phenoxy) is 2. The Balaban J connectivity index is 1.39. The van der Waals surface area contributed by atoms with E-state index >= 15 is 0 Å². The van der Waals surface area contributed by atoms with Crippen LogP contribution in [-0.2, 0) is 4.74 Å². The number of aromatic nitrogens is 1. The second-order valence-corrected chi connectivity index (χ2v) is 7.70. The quantitative estimate of drug-likeness (QED) is 0.374.